The van der Waals surface area contributed by atoms with Gasteiger partial charge in [-0.05, 0) is 31.9 Å². The number of benzene rings is 1. The summed E-state index contributed by atoms with van der Waals surface area (Å²) in [6.45, 7) is 7.01. The Balaban J connectivity index is 2.14. The van der Waals surface area contributed by atoms with Gasteiger partial charge in [-0.1, -0.05) is 19.1 Å². The average molecular weight is 275 g/mol. The van der Waals surface area contributed by atoms with Crippen LogP contribution in [0.2, 0.25) is 0 Å². The van der Waals surface area contributed by atoms with Crippen LogP contribution in [0.15, 0.2) is 24.5 Å². The lowest BCUT2D eigenvalue weighted by Crippen LogP contribution is -2.09. The van der Waals surface area contributed by atoms with E-state index < -0.39 is 6.10 Å². The molecule has 2 aromatic rings. The topological polar surface area (TPSA) is 60.2 Å². The van der Waals surface area contributed by atoms with E-state index in [4.69, 9.17) is 4.74 Å². The summed E-state index contributed by atoms with van der Waals surface area (Å²) in [5.41, 5.74) is 1.89. The van der Waals surface area contributed by atoms with E-state index in [0.29, 0.717) is 12.4 Å². The summed E-state index contributed by atoms with van der Waals surface area (Å²) in [7, 11) is 0. The van der Waals surface area contributed by atoms with Crippen molar-refractivity contribution in [2.75, 3.05) is 0 Å². The van der Waals surface area contributed by atoms with Crippen molar-refractivity contribution in [2.45, 2.75) is 46.4 Å². The molecule has 1 heterocycles. The zero-order valence-electron chi connectivity index (χ0n) is 12.2. The monoisotopic (exact) mass is 275 g/mol. The summed E-state index contributed by atoms with van der Waals surface area (Å²) >= 11 is 0. The number of aliphatic hydroxyl groups is 1. The van der Waals surface area contributed by atoms with Crippen LogP contribution < -0.4 is 4.74 Å². The molecule has 20 heavy (non-hydrogen) atoms. The van der Waals surface area contributed by atoms with E-state index in [1.54, 1.807) is 13.3 Å². The molecule has 5 nitrogen and oxygen atoms in total. The summed E-state index contributed by atoms with van der Waals surface area (Å²) in [4.78, 5) is 4.21. The third kappa shape index (κ3) is 3.36. The van der Waals surface area contributed by atoms with Gasteiger partial charge in [-0.2, -0.15) is 5.10 Å². The first-order chi connectivity index (χ1) is 9.61. The first kappa shape index (κ1) is 14.5. The minimum absolute atomic E-state index is 0.350. The van der Waals surface area contributed by atoms with E-state index in [0.717, 1.165) is 29.9 Å². The van der Waals surface area contributed by atoms with Gasteiger partial charge >= 0.3 is 0 Å². The highest BCUT2D eigenvalue weighted by Gasteiger charge is 2.11. The van der Waals surface area contributed by atoms with Crippen LogP contribution in [-0.4, -0.2) is 19.9 Å². The molecule has 1 N–H and O–H groups in total. The number of hydrogen-bond donors (Lipinski definition) is 1. The van der Waals surface area contributed by atoms with Gasteiger partial charge in [-0.15, -0.1) is 0 Å². The average Bonchev–Trinajstić information content (AvgIpc) is 2.84. The van der Waals surface area contributed by atoms with Gasteiger partial charge in [-0.3, -0.25) is 0 Å². The summed E-state index contributed by atoms with van der Waals surface area (Å²) in [5.74, 6) is 1.50. The molecule has 0 unspecified atom stereocenters. The Kier molecular flexibility index (Phi) is 4.74. The minimum atomic E-state index is -0.556. The molecule has 0 aliphatic heterocycles. The predicted octanol–water partition coefficient (Wildman–Crippen LogP) is 2.63. The molecule has 0 bridgehead atoms. The Hall–Kier alpha value is -1.88. The van der Waals surface area contributed by atoms with E-state index in [-0.39, 0.29) is 0 Å². The van der Waals surface area contributed by atoms with Crippen LogP contribution in [0.3, 0.4) is 0 Å². The molecule has 0 radical (unpaired) electrons. The maximum absolute atomic E-state index is 9.78. The van der Waals surface area contributed by atoms with Gasteiger partial charge in [-0.25, -0.2) is 9.67 Å². The van der Waals surface area contributed by atoms with Gasteiger partial charge < -0.3 is 9.84 Å². The van der Waals surface area contributed by atoms with Crippen LogP contribution in [0.4, 0.5) is 0 Å². The van der Waals surface area contributed by atoms with Crippen molar-refractivity contribution < 1.29 is 9.84 Å². The molecule has 1 aromatic heterocycles. The quantitative estimate of drug-likeness (QED) is 0.880. The Bertz CT molecular complexity index is 564. The molecule has 0 saturated heterocycles. The molecule has 2 rings (SSSR count). The van der Waals surface area contributed by atoms with Crippen molar-refractivity contribution >= 4 is 0 Å². The molecule has 1 atom stereocenters. The van der Waals surface area contributed by atoms with Crippen LogP contribution in [-0.2, 0) is 13.2 Å². The lowest BCUT2D eigenvalue weighted by Gasteiger charge is -2.14. The molecule has 108 valence electrons. The first-order valence-electron chi connectivity index (χ1n) is 6.90. The smallest absolute Gasteiger partial charge is 0.164 e. The van der Waals surface area contributed by atoms with Crippen molar-refractivity contribution in [1.82, 2.24) is 14.8 Å². The molecule has 0 aliphatic rings. The maximum atomic E-state index is 9.78. The van der Waals surface area contributed by atoms with E-state index in [9.17, 15) is 5.11 Å². The van der Waals surface area contributed by atoms with Gasteiger partial charge in [0.2, 0.25) is 0 Å². The third-order valence-corrected chi connectivity index (χ3v) is 3.11. The van der Waals surface area contributed by atoms with Crippen LogP contribution in [0.25, 0.3) is 0 Å². The third-order valence-electron chi connectivity index (χ3n) is 3.11. The maximum Gasteiger partial charge on any atom is 0.164 e. The number of rotatable bonds is 6. The molecule has 0 aliphatic carbocycles. The highest BCUT2D eigenvalue weighted by Crippen LogP contribution is 2.26. The van der Waals surface area contributed by atoms with Crippen molar-refractivity contribution in [3.8, 4) is 5.75 Å². The van der Waals surface area contributed by atoms with Gasteiger partial charge in [0.25, 0.3) is 0 Å². The Morgan fingerprint density at radius 2 is 2.20 bits per heavy atom. The van der Waals surface area contributed by atoms with Crippen LogP contribution >= 0.6 is 0 Å². The Morgan fingerprint density at radius 3 is 2.90 bits per heavy atom. The molecule has 0 fully saturated rings. The zero-order chi connectivity index (χ0) is 14.5. The second kappa shape index (κ2) is 6.52. The Labute approximate surface area is 119 Å². The summed E-state index contributed by atoms with van der Waals surface area (Å²) < 4.78 is 7.67. The largest absolute Gasteiger partial charge is 0.485 e. The van der Waals surface area contributed by atoms with Gasteiger partial charge in [0.15, 0.2) is 5.82 Å². The molecule has 5 heteroatoms. The summed E-state index contributed by atoms with van der Waals surface area (Å²) in [6, 6.07) is 5.79. The van der Waals surface area contributed by atoms with Crippen LogP contribution in [0, 0.1) is 6.92 Å². The predicted molar refractivity (Wildman–Crippen MR) is 76.5 cm³/mol. The molecular formula is C15H21N3O2. The highest BCUT2D eigenvalue weighted by molar-refractivity contribution is 5.38. The number of aryl methyl sites for hydroxylation is 2. The second-order valence-electron chi connectivity index (χ2n) is 4.91. The molecule has 0 saturated carbocycles. The standard InChI is InChI=1S/C15H21N3O2/c1-4-7-18-15(16-10-17-18)9-20-14-8-11(2)5-6-13(14)12(3)19/h5-6,8,10,12,19H,4,7,9H2,1-3H3/t12-/m1/s1. The van der Waals surface area contributed by atoms with E-state index in [1.165, 1.54) is 0 Å². The molecular weight excluding hydrogens is 254 g/mol. The SMILES string of the molecule is CCCn1ncnc1COc1cc(C)ccc1[C@@H](C)O. The van der Waals surface area contributed by atoms with E-state index >= 15 is 0 Å². The van der Waals surface area contributed by atoms with E-state index in [2.05, 4.69) is 17.0 Å². The number of aliphatic hydroxyl groups excluding tert-OH is 1. The number of nitrogens with zero attached hydrogens (tertiary/aromatic N) is 3. The van der Waals surface area contributed by atoms with Crippen molar-refractivity contribution in [3.05, 3.63) is 41.5 Å². The van der Waals surface area contributed by atoms with Gasteiger partial charge in [0.1, 0.15) is 18.7 Å². The van der Waals surface area contributed by atoms with E-state index in [1.807, 2.05) is 29.8 Å². The first-order valence-corrected chi connectivity index (χ1v) is 6.90. The van der Waals surface area contributed by atoms with Crippen LogP contribution in [0.5, 0.6) is 5.75 Å². The van der Waals surface area contributed by atoms with Gasteiger partial charge in [0.05, 0.1) is 6.10 Å². The number of hydrogen-bond acceptors (Lipinski definition) is 4. The Morgan fingerprint density at radius 1 is 1.40 bits per heavy atom. The van der Waals surface area contributed by atoms with Crippen molar-refractivity contribution in [2.24, 2.45) is 0 Å². The highest BCUT2D eigenvalue weighted by atomic mass is 16.5. The van der Waals surface area contributed by atoms with Crippen molar-refractivity contribution in [3.63, 3.8) is 0 Å². The fourth-order valence-corrected chi connectivity index (χ4v) is 2.05. The second-order valence-corrected chi connectivity index (χ2v) is 4.91. The summed E-state index contributed by atoms with van der Waals surface area (Å²) in [6.07, 6.45) is 1.99. The molecule has 1 aromatic carbocycles. The fraction of sp³-hybridized carbons (Fsp3) is 0.467. The lowest BCUT2D eigenvalue weighted by atomic mass is 10.1. The number of ether oxygens (including phenoxy) is 1. The molecule has 0 spiro atoms. The molecule has 0 amide bonds. The zero-order valence-corrected chi connectivity index (χ0v) is 12.2. The summed E-state index contributed by atoms with van der Waals surface area (Å²) in [5, 5.41) is 13.9. The van der Waals surface area contributed by atoms with Gasteiger partial charge in [0, 0.05) is 12.1 Å². The lowest BCUT2D eigenvalue weighted by molar-refractivity contribution is 0.189. The fourth-order valence-electron chi connectivity index (χ4n) is 2.05. The van der Waals surface area contributed by atoms with Crippen LogP contribution in [0.1, 0.15) is 43.3 Å². The number of aromatic nitrogens is 3. The minimum Gasteiger partial charge on any atom is -0.485 e. The van der Waals surface area contributed by atoms with Crippen molar-refractivity contribution in [1.29, 1.82) is 0 Å². The normalized spacial score (nSPS) is 12.4.